The summed E-state index contributed by atoms with van der Waals surface area (Å²) in [5.41, 5.74) is 5.71. The quantitative estimate of drug-likeness (QED) is 0.323. The molecule has 0 heterocycles. The first kappa shape index (κ1) is 11.1. The fourth-order valence-electron chi connectivity index (χ4n) is 0.976. The summed E-state index contributed by atoms with van der Waals surface area (Å²) in [4.78, 5) is 11.0. The lowest BCUT2D eigenvalue weighted by molar-refractivity contribution is -0.116. The van der Waals surface area contributed by atoms with Gasteiger partial charge >= 0.3 is 0 Å². The molecule has 5 N–H and O–H groups in total. The van der Waals surface area contributed by atoms with Crippen LogP contribution in [-0.4, -0.2) is 22.8 Å². The summed E-state index contributed by atoms with van der Waals surface area (Å²) < 4.78 is 0. The van der Waals surface area contributed by atoms with Crippen LogP contribution >= 0.6 is 0 Å². The van der Waals surface area contributed by atoms with E-state index in [-0.39, 0.29) is 24.1 Å². The van der Waals surface area contributed by atoms with Crippen LogP contribution in [0.4, 0.5) is 0 Å². The average Bonchev–Trinajstić information content (AvgIpc) is 2.20. The largest absolute Gasteiger partial charge is 0.504 e. The molecule has 1 aromatic rings. The average molecular weight is 208 g/mol. The van der Waals surface area contributed by atoms with Gasteiger partial charge in [-0.2, -0.15) is 0 Å². The lowest BCUT2D eigenvalue weighted by Crippen LogP contribution is -2.27. The van der Waals surface area contributed by atoms with Crippen molar-refractivity contribution in [2.75, 3.05) is 6.67 Å². The summed E-state index contributed by atoms with van der Waals surface area (Å²) in [7, 11) is 0. The molecule has 0 bridgehead atoms. The van der Waals surface area contributed by atoms with Gasteiger partial charge < -0.3 is 21.3 Å². The van der Waals surface area contributed by atoms with Crippen molar-refractivity contribution < 1.29 is 15.0 Å². The molecule has 1 amide bonds. The highest BCUT2D eigenvalue weighted by Crippen LogP contribution is 2.25. The molecule has 5 nitrogen and oxygen atoms in total. The Morgan fingerprint density at radius 2 is 2.13 bits per heavy atom. The molecule has 0 saturated carbocycles. The third-order valence-electron chi connectivity index (χ3n) is 1.70. The van der Waals surface area contributed by atoms with E-state index in [0.717, 1.165) is 0 Å². The number of carbonyl (C=O) groups excluding carboxylic acids is 1. The van der Waals surface area contributed by atoms with Gasteiger partial charge in [0.2, 0.25) is 5.91 Å². The highest BCUT2D eigenvalue weighted by atomic mass is 16.3. The summed E-state index contributed by atoms with van der Waals surface area (Å²) in [5, 5.41) is 20.6. The third-order valence-corrected chi connectivity index (χ3v) is 1.70. The van der Waals surface area contributed by atoms with Crippen LogP contribution in [-0.2, 0) is 4.79 Å². The van der Waals surface area contributed by atoms with Crippen molar-refractivity contribution in [3.8, 4) is 11.5 Å². The standard InChI is InChI=1S/C10H12N2O3/c11-6-12-10(15)4-2-7-1-3-8(13)9(14)5-7/h1-5,13-14H,6,11H2,(H,12,15)/b4-2+. The number of phenolic OH excluding ortho intramolecular Hbond substituents is 2. The number of aromatic hydroxyl groups is 2. The molecular weight excluding hydrogens is 196 g/mol. The van der Waals surface area contributed by atoms with Gasteiger partial charge in [-0.25, -0.2) is 0 Å². The normalized spacial score (nSPS) is 10.5. The van der Waals surface area contributed by atoms with E-state index in [1.807, 2.05) is 0 Å². The number of phenols is 2. The van der Waals surface area contributed by atoms with Gasteiger partial charge in [0.25, 0.3) is 0 Å². The zero-order valence-corrected chi connectivity index (χ0v) is 7.97. The number of nitrogens with two attached hydrogens (primary N) is 1. The molecule has 0 aliphatic rings. The summed E-state index contributed by atoms with van der Waals surface area (Å²) >= 11 is 0. The molecule has 0 aliphatic heterocycles. The van der Waals surface area contributed by atoms with Gasteiger partial charge in [-0.3, -0.25) is 4.79 Å². The predicted molar refractivity (Wildman–Crippen MR) is 56.0 cm³/mol. The fraction of sp³-hybridized carbons (Fsp3) is 0.100. The Kier molecular flexibility index (Phi) is 3.70. The van der Waals surface area contributed by atoms with Gasteiger partial charge in [0, 0.05) is 6.08 Å². The Labute approximate surface area is 86.8 Å². The van der Waals surface area contributed by atoms with Crippen LogP contribution in [0.15, 0.2) is 24.3 Å². The Bertz CT molecular complexity index is 388. The van der Waals surface area contributed by atoms with Gasteiger partial charge in [-0.15, -0.1) is 0 Å². The summed E-state index contributed by atoms with van der Waals surface area (Å²) in [5.74, 6) is -0.736. The molecule has 15 heavy (non-hydrogen) atoms. The third kappa shape index (κ3) is 3.32. The second-order valence-corrected chi connectivity index (χ2v) is 2.83. The minimum atomic E-state index is -0.315. The molecule has 0 aliphatic carbocycles. The molecule has 0 spiro atoms. The molecule has 0 fully saturated rings. The molecule has 80 valence electrons. The number of carbonyl (C=O) groups is 1. The van der Waals surface area contributed by atoms with Crippen LogP contribution in [0.25, 0.3) is 6.08 Å². The molecule has 0 aromatic heterocycles. The summed E-state index contributed by atoms with van der Waals surface area (Å²) in [6.45, 7) is 0.0734. The molecule has 0 atom stereocenters. The zero-order valence-electron chi connectivity index (χ0n) is 7.97. The summed E-state index contributed by atoms with van der Waals surface area (Å²) in [6, 6.07) is 4.26. The highest BCUT2D eigenvalue weighted by Gasteiger charge is 1.98. The molecule has 0 saturated heterocycles. The number of hydrogen-bond acceptors (Lipinski definition) is 4. The van der Waals surface area contributed by atoms with E-state index in [0.29, 0.717) is 5.56 Å². The minimum Gasteiger partial charge on any atom is -0.504 e. The van der Waals surface area contributed by atoms with E-state index in [4.69, 9.17) is 15.9 Å². The molecule has 0 radical (unpaired) electrons. The molecule has 5 heteroatoms. The van der Waals surface area contributed by atoms with Gasteiger partial charge in [0.1, 0.15) is 0 Å². The van der Waals surface area contributed by atoms with E-state index < -0.39 is 0 Å². The first-order chi connectivity index (χ1) is 7.13. The van der Waals surface area contributed by atoms with Gasteiger partial charge in [0.05, 0.1) is 6.67 Å². The SMILES string of the molecule is NCNC(=O)/C=C/c1ccc(O)c(O)c1. The Balaban J connectivity index is 2.72. The first-order valence-electron chi connectivity index (χ1n) is 4.31. The lowest BCUT2D eigenvalue weighted by Gasteiger charge is -1.98. The van der Waals surface area contributed by atoms with E-state index in [1.54, 1.807) is 6.07 Å². The highest BCUT2D eigenvalue weighted by molar-refractivity contribution is 5.91. The van der Waals surface area contributed by atoms with Crippen molar-refractivity contribution in [2.45, 2.75) is 0 Å². The summed E-state index contributed by atoms with van der Waals surface area (Å²) in [6.07, 6.45) is 2.79. The number of benzene rings is 1. The number of nitrogens with one attached hydrogen (secondary N) is 1. The van der Waals surface area contributed by atoms with Crippen molar-refractivity contribution in [2.24, 2.45) is 5.73 Å². The first-order valence-corrected chi connectivity index (χ1v) is 4.31. The van der Waals surface area contributed by atoms with Crippen LogP contribution in [0, 0.1) is 0 Å². The maximum atomic E-state index is 11.0. The molecule has 0 unspecified atom stereocenters. The second kappa shape index (κ2) is 5.02. The molecule has 1 aromatic carbocycles. The van der Waals surface area contributed by atoms with Crippen molar-refractivity contribution in [1.29, 1.82) is 0 Å². The van der Waals surface area contributed by atoms with Crippen molar-refractivity contribution in [1.82, 2.24) is 5.32 Å². The molecule has 1 rings (SSSR count). The van der Waals surface area contributed by atoms with Crippen LogP contribution in [0.2, 0.25) is 0 Å². The van der Waals surface area contributed by atoms with E-state index in [1.165, 1.54) is 24.3 Å². The Morgan fingerprint density at radius 3 is 2.73 bits per heavy atom. The van der Waals surface area contributed by atoms with Crippen LogP contribution in [0.1, 0.15) is 5.56 Å². The Hall–Kier alpha value is -2.01. The maximum Gasteiger partial charge on any atom is 0.244 e. The Morgan fingerprint density at radius 1 is 1.40 bits per heavy atom. The van der Waals surface area contributed by atoms with Gasteiger partial charge in [-0.05, 0) is 23.8 Å². The van der Waals surface area contributed by atoms with Crippen molar-refractivity contribution in [3.63, 3.8) is 0 Å². The number of amides is 1. The topological polar surface area (TPSA) is 95.6 Å². The fourth-order valence-corrected chi connectivity index (χ4v) is 0.976. The van der Waals surface area contributed by atoms with Crippen molar-refractivity contribution in [3.05, 3.63) is 29.8 Å². The van der Waals surface area contributed by atoms with Crippen LogP contribution in [0.3, 0.4) is 0 Å². The van der Waals surface area contributed by atoms with Gasteiger partial charge in [0.15, 0.2) is 11.5 Å². The minimum absolute atomic E-state index is 0.0734. The smallest absolute Gasteiger partial charge is 0.244 e. The number of hydrogen-bond donors (Lipinski definition) is 4. The predicted octanol–water partition coefficient (Wildman–Crippen LogP) is 0.143. The second-order valence-electron chi connectivity index (χ2n) is 2.83. The zero-order chi connectivity index (χ0) is 11.3. The lowest BCUT2D eigenvalue weighted by atomic mass is 10.2. The monoisotopic (exact) mass is 208 g/mol. The van der Waals surface area contributed by atoms with Crippen molar-refractivity contribution >= 4 is 12.0 Å². The van der Waals surface area contributed by atoms with Crippen LogP contribution < -0.4 is 11.1 Å². The van der Waals surface area contributed by atoms with E-state index >= 15 is 0 Å². The number of rotatable bonds is 3. The van der Waals surface area contributed by atoms with E-state index in [2.05, 4.69) is 5.32 Å². The van der Waals surface area contributed by atoms with Gasteiger partial charge in [-0.1, -0.05) is 6.07 Å². The maximum absolute atomic E-state index is 11.0. The molecular formula is C10H12N2O3. The van der Waals surface area contributed by atoms with E-state index in [9.17, 15) is 4.79 Å². The van der Waals surface area contributed by atoms with Crippen LogP contribution in [0.5, 0.6) is 11.5 Å².